The number of hydrogen-bond acceptors (Lipinski definition) is 3. The lowest BCUT2D eigenvalue weighted by Crippen LogP contribution is -2.40. The minimum Gasteiger partial charge on any atom is -0.497 e. The van der Waals surface area contributed by atoms with E-state index in [0.29, 0.717) is 12.3 Å². The zero-order valence-corrected chi connectivity index (χ0v) is 14.9. The first-order valence-electron chi connectivity index (χ1n) is 9.01. The third-order valence-electron chi connectivity index (χ3n) is 5.22. The predicted octanol–water partition coefficient (Wildman–Crippen LogP) is 3.03. The van der Waals surface area contributed by atoms with Gasteiger partial charge in [0.2, 0.25) is 11.8 Å². The zero-order chi connectivity index (χ0) is 18.1. The van der Waals surface area contributed by atoms with E-state index < -0.39 is 0 Å². The van der Waals surface area contributed by atoms with Crippen LogP contribution in [-0.4, -0.2) is 32.0 Å². The summed E-state index contributed by atoms with van der Waals surface area (Å²) in [6.07, 6.45) is 2.22. The Morgan fingerprint density at radius 1 is 1.15 bits per heavy atom. The second kappa shape index (κ2) is 6.83. The van der Waals surface area contributed by atoms with Gasteiger partial charge in [-0.2, -0.15) is 0 Å². The van der Waals surface area contributed by atoms with E-state index in [1.54, 1.807) is 12.0 Å². The van der Waals surface area contributed by atoms with Crippen LogP contribution < -0.4 is 14.5 Å². The molecule has 0 bridgehead atoms. The van der Waals surface area contributed by atoms with Crippen molar-refractivity contribution in [2.45, 2.75) is 19.3 Å². The summed E-state index contributed by atoms with van der Waals surface area (Å²) in [5.41, 5.74) is 2.99. The number of anilines is 2. The van der Waals surface area contributed by atoms with Gasteiger partial charge in [-0.15, -0.1) is 0 Å². The van der Waals surface area contributed by atoms with E-state index in [2.05, 4.69) is 6.07 Å². The van der Waals surface area contributed by atoms with Crippen molar-refractivity contribution in [3.8, 4) is 5.75 Å². The normalized spacial score (nSPS) is 19.4. The molecule has 0 spiro atoms. The number of fused-ring (bicyclic) bond motifs is 1. The molecule has 2 aromatic rings. The molecule has 1 unspecified atom stereocenters. The molecular weight excluding hydrogens is 328 g/mol. The lowest BCUT2D eigenvalue weighted by molar-refractivity contribution is -0.124. The van der Waals surface area contributed by atoms with Gasteiger partial charge in [0, 0.05) is 37.0 Å². The standard InChI is InChI=1S/C21H22N2O3/c1-26-18-9-4-8-17(13-18)23-14-16(12-20(23)24)21(25)22-11-5-7-15-6-2-3-10-19(15)22/h2-4,6,8-10,13,16H,5,7,11-12,14H2,1H3. The van der Waals surface area contributed by atoms with Crippen molar-refractivity contribution in [3.05, 3.63) is 54.1 Å². The maximum atomic E-state index is 13.1. The number of ether oxygens (including phenoxy) is 1. The van der Waals surface area contributed by atoms with E-state index >= 15 is 0 Å². The van der Waals surface area contributed by atoms with Crippen LogP contribution in [0.15, 0.2) is 48.5 Å². The molecule has 5 heteroatoms. The largest absolute Gasteiger partial charge is 0.497 e. The number of amides is 2. The lowest BCUT2D eigenvalue weighted by Gasteiger charge is -2.31. The van der Waals surface area contributed by atoms with Crippen molar-refractivity contribution >= 4 is 23.2 Å². The van der Waals surface area contributed by atoms with Crippen molar-refractivity contribution < 1.29 is 14.3 Å². The minimum absolute atomic E-state index is 0.0121. The molecule has 0 aliphatic carbocycles. The quantitative estimate of drug-likeness (QED) is 0.855. The molecule has 2 aromatic carbocycles. The smallest absolute Gasteiger partial charge is 0.232 e. The Morgan fingerprint density at radius 3 is 2.85 bits per heavy atom. The van der Waals surface area contributed by atoms with Gasteiger partial charge in [0.15, 0.2) is 0 Å². The highest BCUT2D eigenvalue weighted by Crippen LogP contribution is 2.32. The highest BCUT2D eigenvalue weighted by atomic mass is 16.5. The monoisotopic (exact) mass is 350 g/mol. The van der Waals surface area contributed by atoms with Gasteiger partial charge in [0.1, 0.15) is 5.75 Å². The Balaban J connectivity index is 1.55. The highest BCUT2D eigenvalue weighted by molar-refractivity contribution is 6.04. The maximum Gasteiger partial charge on any atom is 0.232 e. The summed E-state index contributed by atoms with van der Waals surface area (Å²) in [5.74, 6) is 0.438. The average Bonchev–Trinajstić information content (AvgIpc) is 3.08. The Morgan fingerprint density at radius 2 is 2.00 bits per heavy atom. The van der Waals surface area contributed by atoms with E-state index in [0.717, 1.165) is 30.8 Å². The van der Waals surface area contributed by atoms with Gasteiger partial charge in [-0.25, -0.2) is 0 Å². The van der Waals surface area contributed by atoms with Gasteiger partial charge in [-0.1, -0.05) is 24.3 Å². The molecule has 1 fully saturated rings. The van der Waals surface area contributed by atoms with Crippen LogP contribution in [0.25, 0.3) is 0 Å². The summed E-state index contributed by atoms with van der Waals surface area (Å²) in [6.45, 7) is 1.14. The molecule has 1 saturated heterocycles. The second-order valence-electron chi connectivity index (χ2n) is 6.83. The van der Waals surface area contributed by atoms with Crippen LogP contribution in [0.3, 0.4) is 0 Å². The van der Waals surface area contributed by atoms with Gasteiger partial charge in [0.25, 0.3) is 0 Å². The van der Waals surface area contributed by atoms with Gasteiger partial charge in [-0.05, 0) is 36.6 Å². The van der Waals surface area contributed by atoms with Gasteiger partial charge >= 0.3 is 0 Å². The molecule has 4 rings (SSSR count). The van der Waals surface area contributed by atoms with Gasteiger partial charge in [-0.3, -0.25) is 9.59 Å². The number of hydrogen-bond donors (Lipinski definition) is 0. The maximum absolute atomic E-state index is 13.1. The summed E-state index contributed by atoms with van der Waals surface area (Å²) in [4.78, 5) is 29.2. The van der Waals surface area contributed by atoms with Crippen molar-refractivity contribution in [2.24, 2.45) is 5.92 Å². The van der Waals surface area contributed by atoms with Crippen LogP contribution >= 0.6 is 0 Å². The van der Waals surface area contributed by atoms with Crippen LogP contribution in [0.4, 0.5) is 11.4 Å². The fourth-order valence-electron chi connectivity index (χ4n) is 3.88. The molecule has 2 amide bonds. The average molecular weight is 350 g/mol. The summed E-state index contributed by atoms with van der Waals surface area (Å²) in [7, 11) is 1.60. The van der Waals surface area contributed by atoms with Crippen LogP contribution in [0.5, 0.6) is 5.75 Å². The number of carbonyl (C=O) groups is 2. The SMILES string of the molecule is COc1cccc(N2CC(C(=O)N3CCCc4ccccc43)CC2=O)c1. The Hall–Kier alpha value is -2.82. The van der Waals surface area contributed by atoms with Gasteiger partial charge < -0.3 is 14.5 Å². The number of benzene rings is 2. The topological polar surface area (TPSA) is 49.9 Å². The molecule has 0 N–H and O–H groups in total. The zero-order valence-electron chi connectivity index (χ0n) is 14.9. The van der Waals surface area contributed by atoms with E-state index in [9.17, 15) is 9.59 Å². The molecular formula is C21H22N2O3. The Labute approximate surface area is 153 Å². The summed E-state index contributed by atoms with van der Waals surface area (Å²) >= 11 is 0. The van der Waals surface area contributed by atoms with Gasteiger partial charge in [0.05, 0.1) is 13.0 Å². The molecule has 1 atom stereocenters. The molecule has 0 aromatic heterocycles. The fraction of sp³-hybridized carbons (Fsp3) is 0.333. The van der Waals surface area contributed by atoms with Crippen molar-refractivity contribution in [2.75, 3.05) is 30.0 Å². The summed E-state index contributed by atoms with van der Waals surface area (Å²) in [6, 6.07) is 15.5. The second-order valence-corrected chi connectivity index (χ2v) is 6.83. The lowest BCUT2D eigenvalue weighted by atomic mass is 9.99. The molecule has 0 saturated carbocycles. The number of para-hydroxylation sites is 1. The van der Waals surface area contributed by atoms with E-state index in [1.165, 1.54) is 5.56 Å². The highest BCUT2D eigenvalue weighted by Gasteiger charge is 2.38. The van der Waals surface area contributed by atoms with Crippen LogP contribution in [-0.2, 0) is 16.0 Å². The van der Waals surface area contributed by atoms with Crippen LogP contribution in [0.2, 0.25) is 0 Å². The summed E-state index contributed by atoms with van der Waals surface area (Å²) in [5, 5.41) is 0. The van der Waals surface area contributed by atoms with Crippen LogP contribution in [0, 0.1) is 5.92 Å². The molecule has 26 heavy (non-hydrogen) atoms. The number of carbonyl (C=O) groups excluding carboxylic acids is 2. The predicted molar refractivity (Wildman–Crippen MR) is 101 cm³/mol. The van der Waals surface area contributed by atoms with Crippen molar-refractivity contribution in [3.63, 3.8) is 0 Å². The molecule has 134 valence electrons. The first-order valence-corrected chi connectivity index (χ1v) is 9.01. The van der Waals surface area contributed by atoms with E-state index in [4.69, 9.17) is 4.74 Å². The molecule has 5 nitrogen and oxygen atoms in total. The third-order valence-corrected chi connectivity index (χ3v) is 5.22. The van der Waals surface area contributed by atoms with Crippen molar-refractivity contribution in [1.29, 1.82) is 0 Å². The minimum atomic E-state index is -0.306. The molecule has 2 heterocycles. The summed E-state index contributed by atoms with van der Waals surface area (Å²) < 4.78 is 5.25. The number of rotatable bonds is 3. The Bertz CT molecular complexity index is 849. The Kier molecular flexibility index (Phi) is 4.37. The first-order chi connectivity index (χ1) is 12.7. The number of methoxy groups -OCH3 is 1. The molecule has 2 aliphatic rings. The fourth-order valence-corrected chi connectivity index (χ4v) is 3.88. The molecule has 2 aliphatic heterocycles. The number of nitrogens with zero attached hydrogens (tertiary/aromatic N) is 2. The van der Waals surface area contributed by atoms with E-state index in [-0.39, 0.29) is 24.2 Å². The third kappa shape index (κ3) is 2.94. The van der Waals surface area contributed by atoms with E-state index in [1.807, 2.05) is 47.4 Å². The van der Waals surface area contributed by atoms with Crippen LogP contribution in [0.1, 0.15) is 18.4 Å². The number of aryl methyl sites for hydroxylation is 1. The first kappa shape index (κ1) is 16.6. The van der Waals surface area contributed by atoms with Crippen molar-refractivity contribution in [1.82, 2.24) is 0 Å². The molecule has 0 radical (unpaired) electrons.